The summed E-state index contributed by atoms with van der Waals surface area (Å²) < 4.78 is 0. The van der Waals surface area contributed by atoms with Gasteiger partial charge in [0.15, 0.2) is 0 Å². The molecule has 0 N–H and O–H groups in total. The Balaban J connectivity index is 4.15. The maximum Gasteiger partial charge on any atom is 0.0293 e. The molecule has 0 aromatic heterocycles. The molecule has 0 atom stereocenters. The normalized spacial score (nSPS) is 12.1. The standard InChI is InChI=1S/C15H27N/c1-6-9-10-13-16(8-3)15(5)12-11-14(4)7-2/h7,11-12H,5-6,8-10,13H2,1-4H3/b12-11-,14-7+. The molecule has 0 bridgehead atoms. The lowest BCUT2D eigenvalue weighted by molar-refractivity contribution is 0.363. The van der Waals surface area contributed by atoms with E-state index < -0.39 is 0 Å². The molecule has 0 heterocycles. The van der Waals surface area contributed by atoms with Crippen molar-refractivity contribution in [2.24, 2.45) is 0 Å². The van der Waals surface area contributed by atoms with Crippen LogP contribution in [0.25, 0.3) is 0 Å². The van der Waals surface area contributed by atoms with Crippen LogP contribution in [-0.2, 0) is 0 Å². The predicted molar refractivity (Wildman–Crippen MR) is 74.5 cm³/mol. The van der Waals surface area contributed by atoms with Crippen molar-refractivity contribution >= 4 is 0 Å². The van der Waals surface area contributed by atoms with E-state index in [0.29, 0.717) is 0 Å². The molecule has 0 saturated heterocycles. The van der Waals surface area contributed by atoms with E-state index in [1.54, 1.807) is 0 Å². The number of unbranched alkanes of at least 4 members (excludes halogenated alkanes) is 2. The third kappa shape index (κ3) is 6.49. The molecule has 1 heteroatoms. The molecule has 0 amide bonds. The second-order valence-electron chi connectivity index (χ2n) is 4.14. The Morgan fingerprint density at radius 1 is 1.19 bits per heavy atom. The molecule has 0 saturated carbocycles. The van der Waals surface area contributed by atoms with Crippen molar-refractivity contribution in [1.29, 1.82) is 0 Å². The molecule has 0 aromatic carbocycles. The van der Waals surface area contributed by atoms with Crippen molar-refractivity contribution in [3.05, 3.63) is 36.1 Å². The summed E-state index contributed by atoms with van der Waals surface area (Å²) in [6.45, 7) is 14.9. The fourth-order valence-electron chi connectivity index (χ4n) is 1.49. The molecule has 0 aromatic rings. The van der Waals surface area contributed by atoms with Gasteiger partial charge in [-0.25, -0.2) is 0 Å². The van der Waals surface area contributed by atoms with Crippen molar-refractivity contribution in [3.8, 4) is 0 Å². The second kappa shape index (κ2) is 9.26. The Bertz CT molecular complexity index is 248. The highest BCUT2D eigenvalue weighted by molar-refractivity contribution is 5.23. The smallest absolute Gasteiger partial charge is 0.0293 e. The molecule has 92 valence electrons. The zero-order chi connectivity index (χ0) is 12.4. The SMILES string of the molecule is C=C(/C=C\C(C)=C\C)N(CC)CCCCC. The van der Waals surface area contributed by atoms with Crippen LogP contribution in [-0.4, -0.2) is 18.0 Å². The summed E-state index contributed by atoms with van der Waals surface area (Å²) in [5.41, 5.74) is 2.41. The van der Waals surface area contributed by atoms with E-state index in [2.05, 4.69) is 57.4 Å². The Morgan fingerprint density at radius 2 is 1.88 bits per heavy atom. The van der Waals surface area contributed by atoms with Crippen molar-refractivity contribution in [2.75, 3.05) is 13.1 Å². The zero-order valence-electron chi connectivity index (χ0n) is 11.4. The van der Waals surface area contributed by atoms with Crippen LogP contribution in [0, 0.1) is 0 Å². The topological polar surface area (TPSA) is 3.24 Å². The van der Waals surface area contributed by atoms with Gasteiger partial charge in [0, 0.05) is 18.8 Å². The highest BCUT2D eigenvalue weighted by Gasteiger charge is 2.01. The maximum absolute atomic E-state index is 4.12. The van der Waals surface area contributed by atoms with Gasteiger partial charge in [-0.2, -0.15) is 0 Å². The van der Waals surface area contributed by atoms with Crippen LogP contribution in [0.15, 0.2) is 36.1 Å². The molecule has 0 aliphatic heterocycles. The van der Waals surface area contributed by atoms with Crippen LogP contribution in [0.2, 0.25) is 0 Å². The van der Waals surface area contributed by atoms with Crippen molar-refractivity contribution in [2.45, 2.75) is 47.0 Å². The van der Waals surface area contributed by atoms with Gasteiger partial charge in [-0.05, 0) is 33.3 Å². The lowest BCUT2D eigenvalue weighted by atomic mass is 10.2. The minimum Gasteiger partial charge on any atom is -0.372 e. The van der Waals surface area contributed by atoms with Crippen LogP contribution in [0.1, 0.15) is 47.0 Å². The van der Waals surface area contributed by atoms with Gasteiger partial charge in [-0.3, -0.25) is 0 Å². The average Bonchev–Trinajstić information content (AvgIpc) is 2.31. The van der Waals surface area contributed by atoms with Gasteiger partial charge in [-0.15, -0.1) is 0 Å². The summed E-state index contributed by atoms with van der Waals surface area (Å²) in [4.78, 5) is 2.34. The molecule has 0 rings (SSSR count). The zero-order valence-corrected chi connectivity index (χ0v) is 11.4. The number of hydrogen-bond donors (Lipinski definition) is 0. The Labute approximate surface area is 102 Å². The van der Waals surface area contributed by atoms with Gasteiger partial charge in [0.05, 0.1) is 0 Å². The van der Waals surface area contributed by atoms with E-state index in [9.17, 15) is 0 Å². The number of likely N-dealkylation sites (N-methyl/N-ethyl adjacent to an activating group) is 1. The first-order chi connectivity index (χ1) is 7.65. The predicted octanol–water partition coefficient (Wildman–Crippen LogP) is 4.53. The highest BCUT2D eigenvalue weighted by Crippen LogP contribution is 2.08. The molecule has 0 aliphatic carbocycles. The minimum absolute atomic E-state index is 1.04. The van der Waals surface area contributed by atoms with Gasteiger partial charge in [0.25, 0.3) is 0 Å². The molecule has 0 unspecified atom stereocenters. The molecule has 0 fully saturated rings. The first kappa shape index (κ1) is 15.0. The molecule has 0 aliphatic rings. The average molecular weight is 221 g/mol. The third-order valence-electron chi connectivity index (χ3n) is 2.81. The van der Waals surface area contributed by atoms with E-state index in [-0.39, 0.29) is 0 Å². The lowest BCUT2D eigenvalue weighted by Gasteiger charge is -2.23. The number of nitrogens with zero attached hydrogens (tertiary/aromatic N) is 1. The molecule has 0 radical (unpaired) electrons. The number of rotatable bonds is 8. The molecule has 16 heavy (non-hydrogen) atoms. The summed E-state index contributed by atoms with van der Waals surface area (Å²) in [7, 11) is 0. The van der Waals surface area contributed by atoms with Crippen LogP contribution in [0.5, 0.6) is 0 Å². The number of allylic oxidation sites excluding steroid dienone is 4. The van der Waals surface area contributed by atoms with Gasteiger partial charge in [0.1, 0.15) is 0 Å². The summed E-state index contributed by atoms with van der Waals surface area (Å²) in [5, 5.41) is 0. The van der Waals surface area contributed by atoms with Crippen molar-refractivity contribution in [1.82, 2.24) is 4.90 Å². The third-order valence-corrected chi connectivity index (χ3v) is 2.81. The highest BCUT2D eigenvalue weighted by atomic mass is 15.1. The van der Waals surface area contributed by atoms with E-state index >= 15 is 0 Å². The summed E-state index contributed by atoms with van der Waals surface area (Å²) >= 11 is 0. The fourth-order valence-corrected chi connectivity index (χ4v) is 1.49. The monoisotopic (exact) mass is 221 g/mol. The lowest BCUT2D eigenvalue weighted by Crippen LogP contribution is -2.22. The largest absolute Gasteiger partial charge is 0.372 e. The van der Waals surface area contributed by atoms with Crippen molar-refractivity contribution < 1.29 is 0 Å². The summed E-state index contributed by atoms with van der Waals surface area (Å²) in [6.07, 6.45) is 10.2. The second-order valence-corrected chi connectivity index (χ2v) is 4.14. The van der Waals surface area contributed by atoms with Gasteiger partial charge >= 0.3 is 0 Å². The first-order valence-electron chi connectivity index (χ1n) is 6.40. The van der Waals surface area contributed by atoms with Gasteiger partial charge in [0.2, 0.25) is 0 Å². The van der Waals surface area contributed by atoms with Crippen molar-refractivity contribution in [3.63, 3.8) is 0 Å². The van der Waals surface area contributed by atoms with Crippen LogP contribution in [0.3, 0.4) is 0 Å². The quantitative estimate of drug-likeness (QED) is 0.430. The van der Waals surface area contributed by atoms with E-state index in [0.717, 1.165) is 18.8 Å². The molecular formula is C15H27N. The summed E-state index contributed by atoms with van der Waals surface area (Å²) in [6, 6.07) is 0. The molecular weight excluding hydrogens is 194 g/mol. The molecule has 0 spiro atoms. The van der Waals surface area contributed by atoms with E-state index in [1.165, 1.54) is 24.8 Å². The van der Waals surface area contributed by atoms with Crippen LogP contribution >= 0.6 is 0 Å². The van der Waals surface area contributed by atoms with Gasteiger partial charge in [-0.1, -0.05) is 44.1 Å². The fraction of sp³-hybridized carbons (Fsp3) is 0.600. The first-order valence-corrected chi connectivity index (χ1v) is 6.40. The van der Waals surface area contributed by atoms with Gasteiger partial charge < -0.3 is 4.90 Å². The van der Waals surface area contributed by atoms with E-state index in [1.807, 2.05) is 0 Å². The maximum atomic E-state index is 4.12. The summed E-state index contributed by atoms with van der Waals surface area (Å²) in [5.74, 6) is 0. The van der Waals surface area contributed by atoms with E-state index in [4.69, 9.17) is 0 Å². The Kier molecular flexibility index (Phi) is 8.69. The minimum atomic E-state index is 1.04. The van der Waals surface area contributed by atoms with Crippen LogP contribution < -0.4 is 0 Å². The Morgan fingerprint density at radius 3 is 2.38 bits per heavy atom. The van der Waals surface area contributed by atoms with Crippen LogP contribution in [0.4, 0.5) is 0 Å². The molecule has 1 nitrogen and oxygen atoms in total. The number of hydrogen-bond acceptors (Lipinski definition) is 1. The Hall–Kier alpha value is -0.980.